The van der Waals surface area contributed by atoms with E-state index in [1.54, 1.807) is 6.20 Å². The number of aromatic nitrogens is 2. The molecule has 1 aromatic heterocycles. The fraction of sp³-hybridized carbons (Fsp3) is 0.882. The first-order chi connectivity index (χ1) is 19.2. The molecule has 6 nitrogen and oxygen atoms in total. The second kappa shape index (κ2) is 11.1. The van der Waals surface area contributed by atoms with Crippen LogP contribution in [0.4, 0.5) is 0 Å². The van der Waals surface area contributed by atoms with E-state index in [0.717, 1.165) is 42.6 Å². The van der Waals surface area contributed by atoms with Crippen LogP contribution in [0.25, 0.3) is 0 Å². The van der Waals surface area contributed by atoms with Gasteiger partial charge in [-0.2, -0.15) is 10.4 Å². The average molecular weight is 584 g/mol. The van der Waals surface area contributed by atoms with E-state index in [2.05, 4.69) is 58.9 Å². The molecule has 0 radical (unpaired) electrons. The summed E-state index contributed by atoms with van der Waals surface area (Å²) in [6, 6.07) is 2.22. The predicted octanol–water partition coefficient (Wildman–Crippen LogP) is 7.84. The Morgan fingerprint density at radius 1 is 1.02 bits per heavy atom. The van der Waals surface area contributed by atoms with Crippen LogP contribution in [0.1, 0.15) is 98.0 Å². The molecule has 0 N–H and O–H groups in total. The van der Waals surface area contributed by atoms with Crippen molar-refractivity contribution in [2.24, 2.45) is 40.9 Å². The molecule has 0 amide bonds. The van der Waals surface area contributed by atoms with Gasteiger partial charge in [-0.05, 0) is 124 Å². The molecular weight excluding hydrogens is 526 g/mol. The van der Waals surface area contributed by atoms with E-state index in [1.807, 2.05) is 25.1 Å². The Balaban J connectivity index is 1.31. The molecular formula is C34H57N3O3Si. The van der Waals surface area contributed by atoms with Crippen molar-refractivity contribution in [1.29, 1.82) is 5.26 Å². The summed E-state index contributed by atoms with van der Waals surface area (Å²) in [7, 11) is 1.85. The first-order valence-corrected chi connectivity index (χ1v) is 19.3. The third-order valence-corrected chi connectivity index (χ3v) is 17.8. The zero-order chi connectivity index (χ0) is 29.8. The molecule has 4 aliphatic rings. The van der Waals surface area contributed by atoms with Crippen LogP contribution in [-0.4, -0.2) is 50.1 Å². The van der Waals surface area contributed by atoms with Crippen molar-refractivity contribution in [3.8, 4) is 6.07 Å². The normalized spacial score (nSPS) is 38.8. The van der Waals surface area contributed by atoms with Crippen LogP contribution < -0.4 is 0 Å². The smallest absolute Gasteiger partial charge is 0.192 e. The Bertz CT molecular complexity index is 1120. The molecule has 4 aliphatic carbocycles. The summed E-state index contributed by atoms with van der Waals surface area (Å²) < 4.78 is 21.4. The summed E-state index contributed by atoms with van der Waals surface area (Å²) in [5.41, 5.74) is 0.515. The van der Waals surface area contributed by atoms with Crippen molar-refractivity contribution in [2.75, 3.05) is 20.8 Å². The lowest BCUT2D eigenvalue weighted by Gasteiger charge is -2.59. The standard InChI is InChI=1S/C34H57N3O3Si/c1-31(2,3)41(8,9)40-34(23-38-6)17-15-26-25(18-34)10-11-28-27(26)14-16-32(4)29(28)12-13-30(32)33(5,39-7)22-37-21-24(19-35)20-36-37/h20-21,25-30H,10-18,22-23H2,1-9H3/t25-,26+,27-,28-,29+,30?,32+,33?,34?/m1/s1. The largest absolute Gasteiger partial charge is 0.409 e. The molecule has 4 saturated carbocycles. The summed E-state index contributed by atoms with van der Waals surface area (Å²) in [4.78, 5) is 0. The Kier molecular flexibility index (Phi) is 8.42. The Morgan fingerprint density at radius 2 is 1.76 bits per heavy atom. The number of nitriles is 1. The minimum absolute atomic E-state index is 0.106. The fourth-order valence-corrected chi connectivity index (χ4v) is 11.9. The third-order valence-electron chi connectivity index (χ3n) is 13.2. The minimum atomic E-state index is -1.89. The van der Waals surface area contributed by atoms with Gasteiger partial charge in [0.05, 0.1) is 36.1 Å². The van der Waals surface area contributed by atoms with Crippen LogP contribution in [0.5, 0.6) is 0 Å². The first-order valence-electron chi connectivity index (χ1n) is 16.4. The van der Waals surface area contributed by atoms with Gasteiger partial charge in [0.25, 0.3) is 0 Å². The van der Waals surface area contributed by atoms with E-state index >= 15 is 0 Å². The van der Waals surface area contributed by atoms with Crippen LogP contribution in [0.3, 0.4) is 0 Å². The van der Waals surface area contributed by atoms with Gasteiger partial charge in [0.1, 0.15) is 6.07 Å². The van der Waals surface area contributed by atoms with Crippen molar-refractivity contribution in [3.63, 3.8) is 0 Å². The molecule has 1 aromatic rings. The monoisotopic (exact) mass is 583 g/mol. The van der Waals surface area contributed by atoms with Gasteiger partial charge in [0.2, 0.25) is 0 Å². The molecule has 5 rings (SSSR count). The lowest BCUT2D eigenvalue weighted by atomic mass is 9.48. The van der Waals surface area contributed by atoms with Gasteiger partial charge in [-0.25, -0.2) is 0 Å². The molecule has 0 spiro atoms. The molecule has 4 fully saturated rings. The second-order valence-corrected chi connectivity index (χ2v) is 21.1. The maximum Gasteiger partial charge on any atom is 0.192 e. The number of rotatable bonds is 8. The summed E-state index contributed by atoms with van der Waals surface area (Å²) in [6.07, 6.45) is 15.1. The van der Waals surface area contributed by atoms with Gasteiger partial charge in [0, 0.05) is 20.4 Å². The van der Waals surface area contributed by atoms with Crippen LogP contribution in [-0.2, 0) is 20.4 Å². The fourth-order valence-electron chi connectivity index (χ4n) is 10.3. The first kappa shape index (κ1) is 31.2. The number of fused-ring (bicyclic) bond motifs is 5. The van der Waals surface area contributed by atoms with E-state index < -0.39 is 8.32 Å². The van der Waals surface area contributed by atoms with Gasteiger partial charge >= 0.3 is 0 Å². The highest BCUT2D eigenvalue weighted by molar-refractivity contribution is 6.74. The zero-order valence-electron chi connectivity index (χ0n) is 27.5. The van der Waals surface area contributed by atoms with Crippen LogP contribution in [0.15, 0.2) is 12.4 Å². The lowest BCUT2D eigenvalue weighted by molar-refractivity contribution is -0.142. The number of hydrogen-bond donors (Lipinski definition) is 0. The molecule has 0 aliphatic heterocycles. The van der Waals surface area contributed by atoms with Crippen LogP contribution in [0, 0.1) is 52.3 Å². The minimum Gasteiger partial charge on any atom is -0.409 e. The maximum absolute atomic E-state index is 9.30. The molecule has 9 atom stereocenters. The number of ether oxygens (including phenoxy) is 2. The molecule has 7 heteroatoms. The number of methoxy groups -OCH3 is 2. The Hall–Kier alpha value is -1.20. The van der Waals surface area contributed by atoms with Gasteiger partial charge < -0.3 is 13.9 Å². The summed E-state index contributed by atoms with van der Waals surface area (Å²) in [5.74, 6) is 4.59. The van der Waals surface area contributed by atoms with Crippen LogP contribution in [0.2, 0.25) is 18.1 Å². The molecule has 41 heavy (non-hydrogen) atoms. The van der Waals surface area contributed by atoms with Crippen molar-refractivity contribution in [1.82, 2.24) is 9.78 Å². The molecule has 0 bridgehead atoms. The number of hydrogen-bond acceptors (Lipinski definition) is 5. The van der Waals surface area contributed by atoms with E-state index in [-0.39, 0.29) is 16.2 Å². The lowest BCUT2D eigenvalue weighted by Crippen LogP contribution is -2.57. The van der Waals surface area contributed by atoms with Crippen molar-refractivity contribution < 1.29 is 13.9 Å². The maximum atomic E-state index is 9.30. The van der Waals surface area contributed by atoms with E-state index in [1.165, 1.54) is 51.4 Å². The summed E-state index contributed by atoms with van der Waals surface area (Å²) in [5, 5.41) is 14.0. The molecule has 1 heterocycles. The highest BCUT2D eigenvalue weighted by Gasteiger charge is 2.61. The van der Waals surface area contributed by atoms with Crippen molar-refractivity contribution >= 4 is 8.32 Å². The zero-order valence-corrected chi connectivity index (χ0v) is 28.5. The summed E-state index contributed by atoms with van der Waals surface area (Å²) in [6.45, 7) is 18.2. The van der Waals surface area contributed by atoms with E-state index in [9.17, 15) is 5.26 Å². The van der Waals surface area contributed by atoms with Crippen LogP contribution >= 0.6 is 0 Å². The van der Waals surface area contributed by atoms with Gasteiger partial charge in [0.15, 0.2) is 8.32 Å². The Morgan fingerprint density at radius 3 is 2.39 bits per heavy atom. The Labute approximate surface area is 251 Å². The highest BCUT2D eigenvalue weighted by Crippen LogP contribution is 2.66. The highest BCUT2D eigenvalue weighted by atomic mass is 28.4. The van der Waals surface area contributed by atoms with Gasteiger partial charge in [-0.1, -0.05) is 27.7 Å². The molecule has 0 aromatic carbocycles. The second-order valence-electron chi connectivity index (χ2n) is 16.4. The average Bonchev–Trinajstić information content (AvgIpc) is 3.51. The van der Waals surface area contributed by atoms with E-state index in [4.69, 9.17) is 13.9 Å². The predicted molar refractivity (Wildman–Crippen MR) is 166 cm³/mol. The number of nitrogens with zero attached hydrogens (tertiary/aromatic N) is 3. The summed E-state index contributed by atoms with van der Waals surface area (Å²) >= 11 is 0. The van der Waals surface area contributed by atoms with E-state index in [0.29, 0.717) is 23.4 Å². The van der Waals surface area contributed by atoms with Crippen molar-refractivity contribution in [2.45, 2.75) is 128 Å². The van der Waals surface area contributed by atoms with Gasteiger partial charge in [-0.15, -0.1) is 0 Å². The quantitative estimate of drug-likeness (QED) is 0.292. The third kappa shape index (κ3) is 5.49. The SMILES string of the molecule is COCC1(O[Si](C)(C)C(C)(C)C)CC[C@H]2[C@H](CC[C@@H]3[C@@H]2CC[C@]2(C)C(C(C)(Cn4cc(C#N)cn4)OC)CC[C@@H]32)C1. The molecule has 3 unspecified atom stereocenters. The van der Waals surface area contributed by atoms with Gasteiger partial charge in [-0.3, -0.25) is 4.68 Å². The topological polar surface area (TPSA) is 69.3 Å². The molecule has 0 saturated heterocycles. The molecule has 230 valence electrons. The van der Waals surface area contributed by atoms with Crippen molar-refractivity contribution in [3.05, 3.63) is 18.0 Å².